The SMILES string of the molecule is CCC(CC)(NC(=O)c1cnn(C)c1C)C(=O)O. The van der Waals surface area contributed by atoms with Gasteiger partial charge in [0.1, 0.15) is 5.54 Å². The van der Waals surface area contributed by atoms with Gasteiger partial charge in [0.15, 0.2) is 0 Å². The lowest BCUT2D eigenvalue weighted by atomic mass is 9.92. The van der Waals surface area contributed by atoms with Crippen LogP contribution in [-0.4, -0.2) is 32.3 Å². The molecule has 1 heterocycles. The van der Waals surface area contributed by atoms with Crippen LogP contribution in [0.1, 0.15) is 42.7 Å². The smallest absolute Gasteiger partial charge is 0.329 e. The summed E-state index contributed by atoms with van der Waals surface area (Å²) in [5.74, 6) is -1.41. The van der Waals surface area contributed by atoms with Crippen molar-refractivity contribution in [2.75, 3.05) is 0 Å². The molecule has 100 valence electrons. The van der Waals surface area contributed by atoms with E-state index in [4.69, 9.17) is 0 Å². The standard InChI is InChI=1S/C12H19N3O3/c1-5-12(6-2,11(17)18)14-10(16)9-7-13-15(4)8(9)3/h7H,5-6H2,1-4H3,(H,14,16)(H,17,18). The molecule has 1 amide bonds. The number of amides is 1. The number of aryl methyl sites for hydroxylation is 1. The molecule has 0 radical (unpaired) electrons. The summed E-state index contributed by atoms with van der Waals surface area (Å²) in [7, 11) is 1.73. The average Bonchev–Trinajstić information content (AvgIpc) is 2.66. The highest BCUT2D eigenvalue weighted by atomic mass is 16.4. The van der Waals surface area contributed by atoms with Crippen molar-refractivity contribution >= 4 is 11.9 Å². The van der Waals surface area contributed by atoms with E-state index < -0.39 is 17.4 Å². The summed E-state index contributed by atoms with van der Waals surface area (Å²) in [6, 6.07) is 0. The van der Waals surface area contributed by atoms with Gasteiger partial charge in [-0.15, -0.1) is 0 Å². The summed E-state index contributed by atoms with van der Waals surface area (Å²) in [6.07, 6.45) is 2.12. The van der Waals surface area contributed by atoms with Gasteiger partial charge in [0.2, 0.25) is 0 Å². The monoisotopic (exact) mass is 253 g/mol. The number of aromatic nitrogens is 2. The third kappa shape index (κ3) is 2.37. The summed E-state index contributed by atoms with van der Waals surface area (Å²) in [5.41, 5.74) is -0.0941. The minimum Gasteiger partial charge on any atom is -0.480 e. The van der Waals surface area contributed by atoms with Gasteiger partial charge in [0, 0.05) is 12.7 Å². The second-order valence-corrected chi connectivity index (χ2v) is 4.32. The van der Waals surface area contributed by atoms with Gasteiger partial charge in [-0.05, 0) is 19.8 Å². The van der Waals surface area contributed by atoms with Gasteiger partial charge in [-0.25, -0.2) is 4.79 Å². The topological polar surface area (TPSA) is 84.2 Å². The Balaban J connectivity index is 2.99. The number of aliphatic carboxylic acids is 1. The number of hydrogen-bond acceptors (Lipinski definition) is 3. The quantitative estimate of drug-likeness (QED) is 0.823. The third-order valence-corrected chi connectivity index (χ3v) is 3.45. The van der Waals surface area contributed by atoms with E-state index in [1.165, 1.54) is 6.20 Å². The van der Waals surface area contributed by atoms with Crippen LogP contribution in [0.25, 0.3) is 0 Å². The molecule has 0 saturated carbocycles. The average molecular weight is 253 g/mol. The molecule has 0 aliphatic rings. The van der Waals surface area contributed by atoms with Crippen molar-refractivity contribution in [1.82, 2.24) is 15.1 Å². The predicted octanol–water partition coefficient (Wildman–Crippen LogP) is 1.10. The predicted molar refractivity (Wildman–Crippen MR) is 66.4 cm³/mol. The van der Waals surface area contributed by atoms with Crippen LogP contribution in [0.3, 0.4) is 0 Å². The fourth-order valence-electron chi connectivity index (χ4n) is 1.79. The molecule has 18 heavy (non-hydrogen) atoms. The molecule has 0 aliphatic carbocycles. The number of nitrogens with one attached hydrogen (secondary N) is 1. The van der Waals surface area contributed by atoms with Crippen molar-refractivity contribution in [3.05, 3.63) is 17.5 Å². The second-order valence-electron chi connectivity index (χ2n) is 4.32. The summed E-state index contributed by atoms with van der Waals surface area (Å²) in [5, 5.41) is 15.8. The highest BCUT2D eigenvalue weighted by molar-refractivity contribution is 5.98. The Labute approximate surface area is 106 Å². The van der Waals surface area contributed by atoms with E-state index in [9.17, 15) is 14.7 Å². The molecule has 1 aromatic heterocycles. The van der Waals surface area contributed by atoms with Crippen LogP contribution in [0.2, 0.25) is 0 Å². The van der Waals surface area contributed by atoms with Gasteiger partial charge < -0.3 is 10.4 Å². The van der Waals surface area contributed by atoms with Crippen molar-refractivity contribution in [3.8, 4) is 0 Å². The molecule has 0 fully saturated rings. The van der Waals surface area contributed by atoms with Gasteiger partial charge in [0.05, 0.1) is 11.8 Å². The third-order valence-electron chi connectivity index (χ3n) is 3.45. The maximum absolute atomic E-state index is 12.1. The Kier molecular flexibility index (Phi) is 4.11. The zero-order chi connectivity index (χ0) is 13.9. The number of hydrogen-bond donors (Lipinski definition) is 2. The number of carbonyl (C=O) groups is 2. The largest absolute Gasteiger partial charge is 0.480 e. The molecule has 2 N–H and O–H groups in total. The zero-order valence-corrected chi connectivity index (χ0v) is 11.1. The first-order valence-corrected chi connectivity index (χ1v) is 5.92. The molecule has 0 aliphatic heterocycles. The van der Waals surface area contributed by atoms with Crippen LogP contribution in [0.15, 0.2) is 6.20 Å². The van der Waals surface area contributed by atoms with Crippen molar-refractivity contribution < 1.29 is 14.7 Å². The molecule has 6 heteroatoms. The molecule has 6 nitrogen and oxygen atoms in total. The summed E-state index contributed by atoms with van der Waals surface area (Å²) < 4.78 is 1.58. The Morgan fingerprint density at radius 1 is 1.44 bits per heavy atom. The molecule has 0 bridgehead atoms. The van der Waals surface area contributed by atoms with Crippen LogP contribution < -0.4 is 5.32 Å². The Morgan fingerprint density at radius 3 is 2.33 bits per heavy atom. The number of carboxylic acids is 1. The van der Waals surface area contributed by atoms with Gasteiger partial charge in [0.25, 0.3) is 5.91 Å². The Hall–Kier alpha value is -1.85. The first kappa shape index (κ1) is 14.2. The summed E-state index contributed by atoms with van der Waals surface area (Å²) >= 11 is 0. The molecule has 1 aromatic rings. The van der Waals surface area contributed by atoms with Gasteiger partial charge >= 0.3 is 5.97 Å². The highest BCUT2D eigenvalue weighted by Gasteiger charge is 2.37. The fourth-order valence-corrected chi connectivity index (χ4v) is 1.79. The van der Waals surface area contributed by atoms with E-state index in [2.05, 4.69) is 10.4 Å². The van der Waals surface area contributed by atoms with Crippen molar-refractivity contribution in [2.45, 2.75) is 39.2 Å². The first-order chi connectivity index (χ1) is 8.38. The molecule has 0 aromatic carbocycles. The van der Waals surface area contributed by atoms with Crippen molar-refractivity contribution in [3.63, 3.8) is 0 Å². The van der Waals surface area contributed by atoms with Gasteiger partial charge in [-0.2, -0.15) is 5.10 Å². The Bertz CT molecular complexity index is 461. The number of rotatable bonds is 5. The zero-order valence-electron chi connectivity index (χ0n) is 11.1. The molecule has 0 atom stereocenters. The lowest BCUT2D eigenvalue weighted by Crippen LogP contribution is -2.53. The van der Waals surface area contributed by atoms with E-state index >= 15 is 0 Å². The van der Waals surface area contributed by atoms with Gasteiger partial charge in [-0.1, -0.05) is 13.8 Å². The van der Waals surface area contributed by atoms with E-state index in [0.29, 0.717) is 24.1 Å². The first-order valence-electron chi connectivity index (χ1n) is 5.92. The minimum atomic E-state index is -1.21. The summed E-state index contributed by atoms with van der Waals surface area (Å²) in [6.45, 7) is 5.25. The lowest BCUT2D eigenvalue weighted by Gasteiger charge is -2.27. The summed E-state index contributed by atoms with van der Waals surface area (Å²) in [4.78, 5) is 23.4. The van der Waals surface area contributed by atoms with Crippen molar-refractivity contribution in [1.29, 1.82) is 0 Å². The molecular formula is C12H19N3O3. The van der Waals surface area contributed by atoms with E-state index in [1.54, 1.807) is 32.5 Å². The van der Waals surface area contributed by atoms with Crippen LogP contribution in [0.4, 0.5) is 0 Å². The number of carbonyl (C=O) groups excluding carboxylic acids is 1. The molecule has 0 spiro atoms. The minimum absolute atomic E-state index is 0.337. The number of carboxylic acid groups (broad SMARTS) is 1. The fraction of sp³-hybridized carbons (Fsp3) is 0.583. The van der Waals surface area contributed by atoms with Crippen molar-refractivity contribution in [2.24, 2.45) is 7.05 Å². The van der Waals surface area contributed by atoms with Crippen LogP contribution in [-0.2, 0) is 11.8 Å². The van der Waals surface area contributed by atoms with Gasteiger partial charge in [-0.3, -0.25) is 9.48 Å². The van der Waals surface area contributed by atoms with E-state index in [0.717, 1.165) is 0 Å². The Morgan fingerprint density at radius 2 is 2.00 bits per heavy atom. The lowest BCUT2D eigenvalue weighted by molar-refractivity contribution is -0.144. The second kappa shape index (κ2) is 5.20. The van der Waals surface area contributed by atoms with Crippen LogP contribution in [0.5, 0.6) is 0 Å². The molecule has 1 rings (SSSR count). The molecular weight excluding hydrogens is 234 g/mol. The van der Waals surface area contributed by atoms with Crippen LogP contribution in [0, 0.1) is 6.92 Å². The molecule has 0 unspecified atom stereocenters. The van der Waals surface area contributed by atoms with Crippen LogP contribution >= 0.6 is 0 Å². The van der Waals surface area contributed by atoms with E-state index in [1.807, 2.05) is 0 Å². The normalized spacial score (nSPS) is 11.3. The maximum Gasteiger partial charge on any atom is 0.329 e. The number of nitrogens with zero attached hydrogens (tertiary/aromatic N) is 2. The highest BCUT2D eigenvalue weighted by Crippen LogP contribution is 2.17. The molecule has 0 saturated heterocycles. The van der Waals surface area contributed by atoms with E-state index in [-0.39, 0.29) is 0 Å². The maximum atomic E-state index is 12.1.